The number of hydrogen-bond donors (Lipinski definition) is 1. The quantitative estimate of drug-likeness (QED) is 0.871. The lowest BCUT2D eigenvalue weighted by molar-refractivity contribution is 0.0454. The molecule has 90 valence electrons. The minimum absolute atomic E-state index is 0.314. The van der Waals surface area contributed by atoms with Crippen LogP contribution in [0.2, 0.25) is 0 Å². The minimum atomic E-state index is 0.314. The number of nitrogens with zero attached hydrogens (tertiary/aromatic N) is 1. The first kappa shape index (κ1) is 12.1. The molecule has 2 nitrogen and oxygen atoms in total. The molecule has 2 atom stereocenters. The van der Waals surface area contributed by atoms with Crippen molar-refractivity contribution in [3.63, 3.8) is 0 Å². The molecule has 0 aliphatic carbocycles. The smallest absolute Gasteiger partial charge is 0.0307 e. The third kappa shape index (κ3) is 2.47. The van der Waals surface area contributed by atoms with E-state index in [4.69, 9.17) is 0 Å². The number of rotatable bonds is 3. The lowest BCUT2D eigenvalue weighted by atomic mass is 9.92. The third-order valence-electron chi connectivity index (χ3n) is 3.80. The molecule has 0 bridgehead atoms. The van der Waals surface area contributed by atoms with E-state index in [9.17, 15) is 0 Å². The van der Waals surface area contributed by atoms with Gasteiger partial charge in [-0.1, -0.05) is 6.92 Å². The lowest BCUT2D eigenvalue weighted by Crippen LogP contribution is -2.61. The highest BCUT2D eigenvalue weighted by atomic mass is 32.1. The average molecular weight is 238 g/mol. The normalized spacial score (nSPS) is 31.8. The van der Waals surface area contributed by atoms with Gasteiger partial charge < -0.3 is 5.32 Å². The zero-order valence-electron chi connectivity index (χ0n) is 10.5. The van der Waals surface area contributed by atoms with Crippen molar-refractivity contribution < 1.29 is 0 Å². The Morgan fingerprint density at radius 3 is 3.06 bits per heavy atom. The van der Waals surface area contributed by atoms with E-state index in [0.717, 1.165) is 19.6 Å². The number of nitrogens with one attached hydrogen (secondary N) is 1. The van der Waals surface area contributed by atoms with Crippen LogP contribution in [0.1, 0.15) is 32.8 Å². The first-order chi connectivity index (χ1) is 7.64. The molecule has 1 aliphatic heterocycles. The maximum absolute atomic E-state index is 3.59. The SMILES string of the molecule is CCC1(C)CNC(C)CN1Cc1ccsc1. The molecule has 0 radical (unpaired) electrons. The fourth-order valence-electron chi connectivity index (χ4n) is 2.33. The number of thiophene rings is 1. The van der Waals surface area contributed by atoms with E-state index in [-0.39, 0.29) is 0 Å². The molecule has 1 aliphatic rings. The van der Waals surface area contributed by atoms with Crippen LogP contribution in [0, 0.1) is 0 Å². The molecule has 0 saturated carbocycles. The maximum atomic E-state index is 3.59. The van der Waals surface area contributed by atoms with Crippen LogP contribution in [0.15, 0.2) is 16.8 Å². The van der Waals surface area contributed by atoms with Crippen LogP contribution < -0.4 is 5.32 Å². The summed E-state index contributed by atoms with van der Waals surface area (Å²) in [6.07, 6.45) is 1.21. The Labute approximate surface area is 103 Å². The van der Waals surface area contributed by atoms with Gasteiger partial charge in [-0.2, -0.15) is 11.3 Å². The van der Waals surface area contributed by atoms with Gasteiger partial charge >= 0.3 is 0 Å². The summed E-state index contributed by atoms with van der Waals surface area (Å²) in [6.45, 7) is 10.3. The summed E-state index contributed by atoms with van der Waals surface area (Å²) in [4.78, 5) is 2.64. The second kappa shape index (κ2) is 4.86. The van der Waals surface area contributed by atoms with E-state index in [1.54, 1.807) is 11.3 Å². The van der Waals surface area contributed by atoms with Gasteiger partial charge in [0.15, 0.2) is 0 Å². The van der Waals surface area contributed by atoms with Crippen molar-refractivity contribution in [1.29, 1.82) is 0 Å². The summed E-state index contributed by atoms with van der Waals surface area (Å²) in [5.41, 5.74) is 1.77. The fourth-order valence-corrected chi connectivity index (χ4v) is 2.99. The standard InChI is InChI=1S/C13H22N2S/c1-4-13(3)10-14-11(2)7-15(13)8-12-5-6-16-9-12/h5-6,9,11,14H,4,7-8,10H2,1-3H3. The van der Waals surface area contributed by atoms with Gasteiger partial charge in [-0.15, -0.1) is 0 Å². The van der Waals surface area contributed by atoms with Gasteiger partial charge in [-0.3, -0.25) is 4.90 Å². The van der Waals surface area contributed by atoms with Crippen molar-refractivity contribution in [3.8, 4) is 0 Å². The van der Waals surface area contributed by atoms with Gasteiger partial charge in [-0.05, 0) is 42.7 Å². The van der Waals surface area contributed by atoms with Crippen molar-refractivity contribution in [1.82, 2.24) is 10.2 Å². The zero-order valence-corrected chi connectivity index (χ0v) is 11.3. The van der Waals surface area contributed by atoms with Crippen molar-refractivity contribution in [2.24, 2.45) is 0 Å². The van der Waals surface area contributed by atoms with Crippen molar-refractivity contribution in [3.05, 3.63) is 22.4 Å². The van der Waals surface area contributed by atoms with E-state index in [1.807, 2.05) is 0 Å². The largest absolute Gasteiger partial charge is 0.311 e. The molecule has 0 amide bonds. The van der Waals surface area contributed by atoms with Gasteiger partial charge in [0.1, 0.15) is 0 Å². The Morgan fingerprint density at radius 1 is 1.62 bits per heavy atom. The van der Waals surface area contributed by atoms with E-state index < -0.39 is 0 Å². The van der Waals surface area contributed by atoms with Crippen LogP contribution >= 0.6 is 11.3 Å². The Kier molecular flexibility index (Phi) is 3.67. The van der Waals surface area contributed by atoms with E-state index >= 15 is 0 Å². The molecular weight excluding hydrogens is 216 g/mol. The predicted molar refractivity (Wildman–Crippen MR) is 70.9 cm³/mol. The summed E-state index contributed by atoms with van der Waals surface area (Å²) in [6, 6.07) is 2.85. The maximum Gasteiger partial charge on any atom is 0.0307 e. The van der Waals surface area contributed by atoms with Crippen LogP contribution in [0.4, 0.5) is 0 Å². The van der Waals surface area contributed by atoms with Gasteiger partial charge in [-0.25, -0.2) is 0 Å². The molecule has 2 heterocycles. The molecule has 1 saturated heterocycles. The van der Waals surface area contributed by atoms with Gasteiger partial charge in [0.25, 0.3) is 0 Å². The van der Waals surface area contributed by atoms with E-state index in [0.29, 0.717) is 11.6 Å². The molecule has 1 N–H and O–H groups in total. The second-order valence-electron chi connectivity index (χ2n) is 5.14. The topological polar surface area (TPSA) is 15.3 Å². The van der Waals surface area contributed by atoms with E-state index in [2.05, 4.69) is 47.8 Å². The first-order valence-electron chi connectivity index (χ1n) is 6.13. The summed E-state index contributed by atoms with van der Waals surface area (Å²) >= 11 is 1.79. The predicted octanol–water partition coefficient (Wildman–Crippen LogP) is 2.71. The number of hydrogen-bond acceptors (Lipinski definition) is 3. The molecular formula is C13H22N2S. The van der Waals surface area contributed by atoms with Gasteiger partial charge in [0.05, 0.1) is 0 Å². The molecule has 1 aromatic rings. The minimum Gasteiger partial charge on any atom is -0.311 e. The molecule has 1 aromatic heterocycles. The van der Waals surface area contributed by atoms with Crippen molar-refractivity contribution in [2.75, 3.05) is 13.1 Å². The molecule has 16 heavy (non-hydrogen) atoms. The van der Waals surface area contributed by atoms with Crippen LogP contribution in [0.5, 0.6) is 0 Å². The van der Waals surface area contributed by atoms with E-state index in [1.165, 1.54) is 12.0 Å². The molecule has 2 rings (SSSR count). The average Bonchev–Trinajstić information content (AvgIpc) is 2.77. The first-order valence-corrected chi connectivity index (χ1v) is 7.08. The van der Waals surface area contributed by atoms with Crippen LogP contribution in [-0.2, 0) is 6.54 Å². The van der Waals surface area contributed by atoms with Crippen molar-refractivity contribution >= 4 is 11.3 Å². The summed E-state index contributed by atoms with van der Waals surface area (Å²) in [5, 5.41) is 8.03. The molecule has 1 fully saturated rings. The Balaban J connectivity index is 2.09. The highest BCUT2D eigenvalue weighted by Gasteiger charge is 2.34. The van der Waals surface area contributed by atoms with Crippen LogP contribution in [-0.4, -0.2) is 29.6 Å². The summed E-state index contributed by atoms with van der Waals surface area (Å²) in [5.74, 6) is 0. The van der Waals surface area contributed by atoms with Gasteiger partial charge in [0, 0.05) is 31.2 Å². The zero-order chi connectivity index (χ0) is 11.6. The summed E-state index contributed by atoms with van der Waals surface area (Å²) in [7, 11) is 0. The molecule has 0 spiro atoms. The monoisotopic (exact) mass is 238 g/mol. The Bertz CT molecular complexity index is 323. The van der Waals surface area contributed by atoms with Crippen LogP contribution in [0.25, 0.3) is 0 Å². The lowest BCUT2D eigenvalue weighted by Gasteiger charge is -2.47. The third-order valence-corrected chi connectivity index (χ3v) is 4.54. The Morgan fingerprint density at radius 2 is 2.44 bits per heavy atom. The fraction of sp³-hybridized carbons (Fsp3) is 0.692. The Hall–Kier alpha value is -0.380. The number of piperazine rings is 1. The molecule has 0 aromatic carbocycles. The highest BCUT2D eigenvalue weighted by Crippen LogP contribution is 2.25. The second-order valence-corrected chi connectivity index (χ2v) is 5.92. The van der Waals surface area contributed by atoms with Gasteiger partial charge in [0.2, 0.25) is 0 Å². The van der Waals surface area contributed by atoms with Crippen LogP contribution in [0.3, 0.4) is 0 Å². The molecule has 3 heteroatoms. The highest BCUT2D eigenvalue weighted by molar-refractivity contribution is 7.07. The summed E-state index contributed by atoms with van der Waals surface area (Å²) < 4.78 is 0. The molecule has 2 unspecified atom stereocenters. The van der Waals surface area contributed by atoms with Crippen molar-refractivity contribution in [2.45, 2.75) is 45.3 Å².